The van der Waals surface area contributed by atoms with Crippen LogP contribution < -0.4 is 5.32 Å². The average Bonchev–Trinajstić information content (AvgIpc) is 2.56. The van der Waals surface area contributed by atoms with E-state index in [0.29, 0.717) is 12.1 Å². The van der Waals surface area contributed by atoms with Gasteiger partial charge in [0.05, 0.1) is 0 Å². The van der Waals surface area contributed by atoms with Crippen molar-refractivity contribution in [3.63, 3.8) is 0 Å². The number of rotatable bonds is 1. The monoisotopic (exact) mass is 166 g/mol. The van der Waals surface area contributed by atoms with Crippen molar-refractivity contribution in [1.82, 2.24) is 20.1 Å². The second-order valence-electron chi connectivity index (χ2n) is 3.44. The van der Waals surface area contributed by atoms with Crippen molar-refractivity contribution in [2.24, 2.45) is 0 Å². The van der Waals surface area contributed by atoms with Gasteiger partial charge >= 0.3 is 0 Å². The van der Waals surface area contributed by atoms with Gasteiger partial charge in [0.1, 0.15) is 12.7 Å². The van der Waals surface area contributed by atoms with Crippen LogP contribution in [0, 0.1) is 0 Å². The van der Waals surface area contributed by atoms with Crippen LogP contribution in [0.15, 0.2) is 12.7 Å². The van der Waals surface area contributed by atoms with E-state index in [1.54, 1.807) is 0 Å². The zero-order chi connectivity index (χ0) is 8.39. The van der Waals surface area contributed by atoms with Crippen LogP contribution >= 0.6 is 0 Å². The third-order valence-corrected chi connectivity index (χ3v) is 2.45. The molecule has 2 rings (SSSR count). The molecule has 4 heteroatoms. The molecule has 2 unspecified atom stereocenters. The van der Waals surface area contributed by atoms with Crippen molar-refractivity contribution in [2.45, 2.75) is 31.8 Å². The molecule has 1 N–H and O–H groups in total. The number of nitrogens with zero attached hydrogens (tertiary/aromatic N) is 3. The molecule has 0 radical (unpaired) electrons. The standard InChI is InChI=1S/C8H14N4/c1-7-4-8(2-3-9-7)12-5-10-11-6-12/h5-9H,2-4H2,1H3. The highest BCUT2D eigenvalue weighted by atomic mass is 15.2. The first kappa shape index (κ1) is 7.73. The zero-order valence-corrected chi connectivity index (χ0v) is 7.27. The van der Waals surface area contributed by atoms with E-state index in [1.807, 2.05) is 12.7 Å². The fourth-order valence-electron chi connectivity index (χ4n) is 1.77. The van der Waals surface area contributed by atoms with Gasteiger partial charge in [0.25, 0.3) is 0 Å². The number of hydrogen-bond donors (Lipinski definition) is 1. The van der Waals surface area contributed by atoms with Crippen molar-refractivity contribution in [2.75, 3.05) is 6.54 Å². The molecule has 0 bridgehead atoms. The third kappa shape index (κ3) is 1.48. The Balaban J connectivity index is 2.04. The van der Waals surface area contributed by atoms with E-state index >= 15 is 0 Å². The van der Waals surface area contributed by atoms with Crippen LogP contribution in [0.25, 0.3) is 0 Å². The Morgan fingerprint density at radius 3 is 2.83 bits per heavy atom. The molecule has 0 aliphatic carbocycles. The second-order valence-corrected chi connectivity index (χ2v) is 3.44. The molecule has 2 atom stereocenters. The minimum Gasteiger partial charge on any atom is -0.317 e. The molecule has 0 aromatic carbocycles. The number of nitrogens with one attached hydrogen (secondary N) is 1. The Labute approximate surface area is 72.0 Å². The minimum absolute atomic E-state index is 0.594. The van der Waals surface area contributed by atoms with Gasteiger partial charge in [-0.15, -0.1) is 10.2 Å². The number of hydrogen-bond acceptors (Lipinski definition) is 3. The lowest BCUT2D eigenvalue weighted by Crippen LogP contribution is -2.36. The molecule has 1 aromatic rings. The Bertz CT molecular complexity index is 231. The lowest BCUT2D eigenvalue weighted by atomic mass is 10.0. The first-order valence-electron chi connectivity index (χ1n) is 4.44. The largest absolute Gasteiger partial charge is 0.317 e. The van der Waals surface area contributed by atoms with Gasteiger partial charge in [-0.3, -0.25) is 0 Å². The summed E-state index contributed by atoms with van der Waals surface area (Å²) in [4.78, 5) is 0. The predicted octanol–water partition coefficient (Wildman–Crippen LogP) is 0.591. The SMILES string of the molecule is CC1CC(n2cnnc2)CCN1. The molecule has 1 fully saturated rings. The molecular weight excluding hydrogens is 152 g/mol. The van der Waals surface area contributed by atoms with Crippen LogP contribution in [-0.4, -0.2) is 27.4 Å². The first-order valence-corrected chi connectivity index (χ1v) is 4.44. The van der Waals surface area contributed by atoms with Crippen LogP contribution in [0.5, 0.6) is 0 Å². The van der Waals surface area contributed by atoms with Gasteiger partial charge in [-0.2, -0.15) is 0 Å². The Hall–Kier alpha value is -0.900. The third-order valence-electron chi connectivity index (χ3n) is 2.45. The van der Waals surface area contributed by atoms with Crippen LogP contribution in [0.3, 0.4) is 0 Å². The summed E-state index contributed by atoms with van der Waals surface area (Å²) in [7, 11) is 0. The molecule has 66 valence electrons. The van der Waals surface area contributed by atoms with Gasteiger partial charge in [-0.25, -0.2) is 0 Å². The minimum atomic E-state index is 0.594. The quantitative estimate of drug-likeness (QED) is 0.664. The van der Waals surface area contributed by atoms with Crippen molar-refractivity contribution in [1.29, 1.82) is 0 Å². The maximum atomic E-state index is 3.81. The van der Waals surface area contributed by atoms with Crippen LogP contribution in [0.4, 0.5) is 0 Å². The van der Waals surface area contributed by atoms with Gasteiger partial charge in [0, 0.05) is 12.1 Å². The zero-order valence-electron chi connectivity index (χ0n) is 7.27. The summed E-state index contributed by atoms with van der Waals surface area (Å²) >= 11 is 0. The average molecular weight is 166 g/mol. The molecular formula is C8H14N4. The molecule has 0 saturated carbocycles. The molecule has 1 aromatic heterocycles. The van der Waals surface area contributed by atoms with Crippen LogP contribution in [0.2, 0.25) is 0 Å². The normalized spacial score (nSPS) is 30.4. The molecule has 12 heavy (non-hydrogen) atoms. The molecule has 1 aliphatic heterocycles. The van der Waals surface area contributed by atoms with E-state index in [1.165, 1.54) is 12.8 Å². The highest BCUT2D eigenvalue weighted by molar-refractivity contribution is 4.81. The van der Waals surface area contributed by atoms with Gasteiger partial charge in [-0.05, 0) is 26.3 Å². The molecule has 4 nitrogen and oxygen atoms in total. The summed E-state index contributed by atoms with van der Waals surface area (Å²) in [6, 6.07) is 1.21. The first-order chi connectivity index (χ1) is 5.86. The van der Waals surface area contributed by atoms with E-state index in [-0.39, 0.29) is 0 Å². The van der Waals surface area contributed by atoms with E-state index in [0.717, 1.165) is 6.54 Å². The Morgan fingerprint density at radius 2 is 2.17 bits per heavy atom. The summed E-state index contributed by atoms with van der Waals surface area (Å²) in [5.74, 6) is 0. The predicted molar refractivity (Wildman–Crippen MR) is 45.8 cm³/mol. The summed E-state index contributed by atoms with van der Waals surface area (Å²) in [6.07, 6.45) is 5.98. The van der Waals surface area contributed by atoms with Gasteiger partial charge < -0.3 is 9.88 Å². The van der Waals surface area contributed by atoms with Gasteiger partial charge in [0.2, 0.25) is 0 Å². The lowest BCUT2D eigenvalue weighted by molar-refractivity contribution is 0.312. The Kier molecular flexibility index (Phi) is 2.08. The molecule has 0 amide bonds. The Morgan fingerprint density at radius 1 is 1.42 bits per heavy atom. The number of piperidine rings is 1. The topological polar surface area (TPSA) is 42.7 Å². The van der Waals surface area contributed by atoms with Crippen molar-refractivity contribution < 1.29 is 0 Å². The van der Waals surface area contributed by atoms with E-state index in [4.69, 9.17) is 0 Å². The summed E-state index contributed by atoms with van der Waals surface area (Å²) in [6.45, 7) is 3.32. The van der Waals surface area contributed by atoms with Crippen molar-refractivity contribution >= 4 is 0 Å². The maximum Gasteiger partial charge on any atom is 0.119 e. The summed E-state index contributed by atoms with van der Waals surface area (Å²) in [5.41, 5.74) is 0. The fraction of sp³-hybridized carbons (Fsp3) is 0.750. The van der Waals surface area contributed by atoms with Crippen molar-refractivity contribution in [3.05, 3.63) is 12.7 Å². The fourth-order valence-corrected chi connectivity index (χ4v) is 1.77. The molecule has 2 heterocycles. The molecule has 1 aliphatic rings. The van der Waals surface area contributed by atoms with Crippen molar-refractivity contribution in [3.8, 4) is 0 Å². The molecule has 1 saturated heterocycles. The van der Waals surface area contributed by atoms with E-state index < -0.39 is 0 Å². The highest BCUT2D eigenvalue weighted by Crippen LogP contribution is 2.20. The molecule has 0 spiro atoms. The van der Waals surface area contributed by atoms with Gasteiger partial charge in [-0.1, -0.05) is 0 Å². The smallest absolute Gasteiger partial charge is 0.119 e. The second kappa shape index (κ2) is 3.23. The maximum absolute atomic E-state index is 3.81. The van der Waals surface area contributed by atoms with E-state index in [9.17, 15) is 0 Å². The summed E-state index contributed by atoms with van der Waals surface area (Å²) in [5, 5.41) is 11.0. The highest BCUT2D eigenvalue weighted by Gasteiger charge is 2.18. The van der Waals surface area contributed by atoms with Crippen LogP contribution in [0.1, 0.15) is 25.8 Å². The summed E-state index contributed by atoms with van der Waals surface area (Å²) < 4.78 is 2.11. The van der Waals surface area contributed by atoms with E-state index in [2.05, 4.69) is 27.0 Å². The lowest BCUT2D eigenvalue weighted by Gasteiger charge is -2.28. The van der Waals surface area contributed by atoms with Crippen LogP contribution in [-0.2, 0) is 0 Å². The number of aromatic nitrogens is 3. The van der Waals surface area contributed by atoms with Gasteiger partial charge in [0.15, 0.2) is 0 Å².